The Morgan fingerprint density at radius 2 is 2.16 bits per heavy atom. The molecule has 1 N–H and O–H groups in total. The van der Waals surface area contributed by atoms with Crippen LogP contribution in [0.4, 0.5) is 4.39 Å². The summed E-state index contributed by atoms with van der Waals surface area (Å²) in [4.78, 5) is -0.355. The summed E-state index contributed by atoms with van der Waals surface area (Å²) in [5, 5.41) is 2.84. The van der Waals surface area contributed by atoms with Gasteiger partial charge in [0.2, 0.25) is 10.0 Å². The maximum Gasteiger partial charge on any atom is 0.246 e. The Bertz CT molecular complexity index is 554. The van der Waals surface area contributed by atoms with Crippen LogP contribution < -0.4 is 5.32 Å². The fourth-order valence-electron chi connectivity index (χ4n) is 2.00. The summed E-state index contributed by atoms with van der Waals surface area (Å²) in [5.74, 6) is -0.882. The molecule has 0 aromatic heterocycles. The number of nitrogens with zero attached hydrogens (tertiary/aromatic N) is 1. The van der Waals surface area contributed by atoms with Crippen molar-refractivity contribution >= 4 is 34.0 Å². The van der Waals surface area contributed by atoms with Gasteiger partial charge in [0.1, 0.15) is 4.90 Å². The molecule has 1 heterocycles. The van der Waals surface area contributed by atoms with E-state index in [4.69, 9.17) is 11.6 Å². The molecular formula is C11H15Cl2FN2O2S. The maximum absolute atomic E-state index is 13.8. The van der Waals surface area contributed by atoms with Crippen LogP contribution >= 0.6 is 24.0 Å². The summed E-state index contributed by atoms with van der Waals surface area (Å²) in [6, 6.07) is 4.12. The fraction of sp³-hybridized carbons (Fsp3) is 0.455. The van der Waals surface area contributed by atoms with Gasteiger partial charge >= 0.3 is 0 Å². The molecule has 0 aliphatic carbocycles. The molecule has 1 unspecified atom stereocenters. The smallest absolute Gasteiger partial charge is 0.246 e. The van der Waals surface area contributed by atoms with E-state index in [0.717, 1.165) is 6.42 Å². The fourth-order valence-corrected chi connectivity index (χ4v) is 3.82. The summed E-state index contributed by atoms with van der Waals surface area (Å²) >= 11 is 5.61. The van der Waals surface area contributed by atoms with Crippen LogP contribution in [0.2, 0.25) is 5.02 Å². The van der Waals surface area contributed by atoms with Crippen molar-refractivity contribution < 1.29 is 12.8 Å². The molecule has 0 saturated carbocycles. The number of likely N-dealkylation sites (N-methyl/N-ethyl adjacent to an activating group) is 1. The lowest BCUT2D eigenvalue weighted by atomic mass is 10.3. The third kappa shape index (κ3) is 3.20. The molecule has 108 valence electrons. The van der Waals surface area contributed by atoms with E-state index >= 15 is 0 Å². The Kier molecular flexibility index (Phi) is 5.58. The molecule has 4 nitrogen and oxygen atoms in total. The monoisotopic (exact) mass is 328 g/mol. The lowest BCUT2D eigenvalue weighted by Gasteiger charge is -2.17. The van der Waals surface area contributed by atoms with Gasteiger partial charge in [0.15, 0.2) is 5.82 Å². The predicted octanol–water partition coefficient (Wildman–Crippen LogP) is 1.88. The topological polar surface area (TPSA) is 49.4 Å². The molecule has 1 saturated heterocycles. The van der Waals surface area contributed by atoms with Gasteiger partial charge in [-0.3, -0.25) is 0 Å². The molecule has 1 aliphatic heterocycles. The lowest BCUT2D eigenvalue weighted by Crippen LogP contribution is -2.33. The van der Waals surface area contributed by atoms with Gasteiger partial charge in [0.05, 0.1) is 5.02 Å². The molecule has 19 heavy (non-hydrogen) atoms. The zero-order valence-electron chi connectivity index (χ0n) is 10.3. The highest BCUT2D eigenvalue weighted by atomic mass is 35.5. The second-order valence-electron chi connectivity index (χ2n) is 4.19. The quantitative estimate of drug-likeness (QED) is 0.921. The standard InChI is InChI=1S/C11H14ClFN2O2S.ClH/c1-14-8-5-6-15(7-8)18(16,17)10-4-2-3-9(12)11(10)13;/h2-4,8,14H,5-7H2,1H3;1H. The number of sulfonamides is 1. The van der Waals surface area contributed by atoms with Gasteiger partial charge in [-0.25, -0.2) is 12.8 Å². The van der Waals surface area contributed by atoms with Gasteiger partial charge < -0.3 is 5.32 Å². The Morgan fingerprint density at radius 3 is 2.74 bits per heavy atom. The number of hydrogen-bond donors (Lipinski definition) is 1. The first kappa shape index (κ1) is 16.7. The summed E-state index contributed by atoms with van der Waals surface area (Å²) < 4.78 is 39.6. The molecular weight excluding hydrogens is 314 g/mol. The van der Waals surface area contributed by atoms with Crippen molar-refractivity contribution in [1.29, 1.82) is 0 Å². The van der Waals surface area contributed by atoms with Crippen molar-refractivity contribution in [2.75, 3.05) is 20.1 Å². The van der Waals surface area contributed by atoms with E-state index < -0.39 is 15.8 Å². The number of nitrogens with one attached hydrogen (secondary N) is 1. The number of halogens is 3. The molecule has 1 aromatic carbocycles. The van der Waals surface area contributed by atoms with Crippen LogP contribution in [0.25, 0.3) is 0 Å². The molecule has 8 heteroatoms. The largest absolute Gasteiger partial charge is 0.316 e. The average Bonchev–Trinajstić information content (AvgIpc) is 2.81. The first-order valence-electron chi connectivity index (χ1n) is 5.58. The highest BCUT2D eigenvalue weighted by molar-refractivity contribution is 7.89. The van der Waals surface area contributed by atoms with Gasteiger partial charge in [-0.2, -0.15) is 4.31 Å². The third-order valence-corrected chi connectivity index (χ3v) is 5.27. The minimum Gasteiger partial charge on any atom is -0.316 e. The van der Waals surface area contributed by atoms with Gasteiger partial charge in [-0.05, 0) is 25.6 Å². The Morgan fingerprint density at radius 1 is 1.47 bits per heavy atom. The minimum atomic E-state index is -3.80. The zero-order chi connectivity index (χ0) is 13.3. The third-order valence-electron chi connectivity index (χ3n) is 3.09. The minimum absolute atomic E-state index is 0. The Hall–Kier alpha value is -0.400. The van der Waals surface area contributed by atoms with Crippen molar-refractivity contribution in [1.82, 2.24) is 9.62 Å². The second-order valence-corrected chi connectivity index (χ2v) is 6.50. The lowest BCUT2D eigenvalue weighted by molar-refractivity contribution is 0.458. The Labute approximate surface area is 123 Å². The normalized spacial score (nSPS) is 20.3. The second kappa shape index (κ2) is 6.37. The summed E-state index contributed by atoms with van der Waals surface area (Å²) in [6.07, 6.45) is 0.720. The average molecular weight is 329 g/mol. The van der Waals surface area contributed by atoms with Crippen molar-refractivity contribution in [3.63, 3.8) is 0 Å². The highest BCUT2D eigenvalue weighted by Crippen LogP contribution is 2.26. The van der Waals surface area contributed by atoms with Crippen molar-refractivity contribution in [2.45, 2.75) is 17.4 Å². The van der Waals surface area contributed by atoms with Gasteiger partial charge in [-0.1, -0.05) is 17.7 Å². The van der Waals surface area contributed by atoms with E-state index in [9.17, 15) is 12.8 Å². The van der Waals surface area contributed by atoms with Crippen molar-refractivity contribution in [2.24, 2.45) is 0 Å². The van der Waals surface area contributed by atoms with Crippen LogP contribution in [0, 0.1) is 5.82 Å². The van der Waals surface area contributed by atoms with Crippen molar-refractivity contribution in [3.8, 4) is 0 Å². The van der Waals surface area contributed by atoms with E-state index in [2.05, 4.69) is 5.32 Å². The van der Waals surface area contributed by atoms with Crippen LogP contribution in [0.3, 0.4) is 0 Å². The van der Waals surface area contributed by atoms with Crippen LogP contribution in [-0.4, -0.2) is 38.9 Å². The molecule has 2 rings (SSSR count). The SMILES string of the molecule is CNC1CCN(S(=O)(=O)c2cccc(Cl)c2F)C1.Cl. The summed E-state index contributed by atoms with van der Waals surface area (Å²) in [7, 11) is -2.02. The molecule has 0 spiro atoms. The first-order chi connectivity index (χ1) is 8.46. The van der Waals surface area contributed by atoms with Crippen LogP contribution in [0.1, 0.15) is 6.42 Å². The number of benzene rings is 1. The number of hydrogen-bond acceptors (Lipinski definition) is 3. The van der Waals surface area contributed by atoms with Crippen LogP contribution in [-0.2, 0) is 10.0 Å². The van der Waals surface area contributed by atoms with E-state index in [-0.39, 0.29) is 28.4 Å². The van der Waals surface area contributed by atoms with Gasteiger partial charge in [-0.15, -0.1) is 12.4 Å². The molecule has 1 fully saturated rings. The first-order valence-corrected chi connectivity index (χ1v) is 7.40. The van der Waals surface area contributed by atoms with E-state index in [1.54, 1.807) is 7.05 Å². The maximum atomic E-state index is 13.8. The molecule has 1 aliphatic rings. The van der Waals surface area contributed by atoms with Crippen LogP contribution in [0.5, 0.6) is 0 Å². The molecule has 1 aromatic rings. The van der Waals surface area contributed by atoms with Gasteiger partial charge in [0.25, 0.3) is 0 Å². The molecule has 0 bridgehead atoms. The Balaban J connectivity index is 0.00000180. The van der Waals surface area contributed by atoms with E-state index in [0.29, 0.717) is 13.1 Å². The summed E-state index contributed by atoms with van der Waals surface area (Å²) in [6.45, 7) is 0.741. The predicted molar refractivity (Wildman–Crippen MR) is 74.9 cm³/mol. The summed E-state index contributed by atoms with van der Waals surface area (Å²) in [5.41, 5.74) is 0. The van der Waals surface area contributed by atoms with E-state index in [1.165, 1.54) is 22.5 Å². The molecule has 1 atom stereocenters. The van der Waals surface area contributed by atoms with Gasteiger partial charge in [0, 0.05) is 19.1 Å². The molecule has 0 radical (unpaired) electrons. The van der Waals surface area contributed by atoms with E-state index in [1.807, 2.05) is 0 Å². The highest BCUT2D eigenvalue weighted by Gasteiger charge is 2.33. The van der Waals surface area contributed by atoms with Crippen molar-refractivity contribution in [3.05, 3.63) is 29.0 Å². The zero-order valence-corrected chi connectivity index (χ0v) is 12.7. The molecule has 0 amide bonds. The number of rotatable bonds is 3. The van der Waals surface area contributed by atoms with Crippen LogP contribution in [0.15, 0.2) is 23.1 Å².